The Kier molecular flexibility index (Phi) is 6.58. The van der Waals surface area contributed by atoms with Gasteiger partial charge in [-0.05, 0) is 30.2 Å². The monoisotopic (exact) mass is 359 g/mol. The summed E-state index contributed by atoms with van der Waals surface area (Å²) in [6.07, 6.45) is 0.703. The van der Waals surface area contributed by atoms with E-state index in [0.29, 0.717) is 12.0 Å². The summed E-state index contributed by atoms with van der Waals surface area (Å²) in [5, 5.41) is 11.5. The van der Waals surface area contributed by atoms with Gasteiger partial charge in [0.2, 0.25) is 0 Å². The second-order valence-electron chi connectivity index (χ2n) is 5.75. The highest BCUT2D eigenvalue weighted by Gasteiger charge is 2.23. The zero-order chi connectivity index (χ0) is 18.4. The lowest BCUT2D eigenvalue weighted by Crippen LogP contribution is -2.10. The number of hydrogen-bond donors (Lipinski definition) is 0. The van der Waals surface area contributed by atoms with E-state index >= 15 is 0 Å². The van der Waals surface area contributed by atoms with Crippen LogP contribution in [0.25, 0.3) is 0 Å². The summed E-state index contributed by atoms with van der Waals surface area (Å²) in [4.78, 5) is 24.2. The molecule has 2 aromatic rings. The predicted octanol–water partition coefficient (Wildman–Crippen LogP) is 4.98. The molecule has 2 aromatic carbocycles. The Hall–Kier alpha value is -2.34. The van der Waals surface area contributed by atoms with Crippen LogP contribution < -0.4 is 0 Å². The normalized spacial score (nSPS) is 11.8. The van der Waals surface area contributed by atoms with Crippen molar-refractivity contribution in [2.24, 2.45) is 0 Å². The third-order valence-electron chi connectivity index (χ3n) is 3.83. The third kappa shape index (κ3) is 5.06. The number of carbonyl (C=O) groups is 1. The Labute approximate surface area is 151 Å². The van der Waals surface area contributed by atoms with E-state index in [4.69, 9.17) is 4.74 Å². The van der Waals surface area contributed by atoms with Crippen LogP contribution in [-0.4, -0.2) is 17.5 Å². The van der Waals surface area contributed by atoms with E-state index in [1.807, 2.05) is 50.2 Å². The van der Waals surface area contributed by atoms with Crippen molar-refractivity contribution >= 4 is 23.4 Å². The zero-order valence-electron chi connectivity index (χ0n) is 14.5. The first-order chi connectivity index (χ1) is 11.9. The number of aryl methyl sites for hydroxylation is 1. The first-order valence-electron chi connectivity index (χ1n) is 8.09. The van der Waals surface area contributed by atoms with Gasteiger partial charge >= 0.3 is 5.97 Å². The molecule has 1 unspecified atom stereocenters. The molecule has 0 heterocycles. The van der Waals surface area contributed by atoms with Crippen molar-refractivity contribution in [2.75, 3.05) is 6.61 Å². The van der Waals surface area contributed by atoms with Crippen LogP contribution in [0.2, 0.25) is 0 Å². The van der Waals surface area contributed by atoms with Crippen LogP contribution in [0, 0.1) is 10.1 Å². The number of benzene rings is 2. The molecule has 0 bridgehead atoms. The molecule has 0 fully saturated rings. The van der Waals surface area contributed by atoms with Crippen LogP contribution in [0.1, 0.15) is 37.8 Å². The quantitative estimate of drug-likeness (QED) is 0.396. The van der Waals surface area contributed by atoms with Crippen molar-refractivity contribution in [3.05, 3.63) is 63.7 Å². The van der Waals surface area contributed by atoms with Gasteiger partial charge < -0.3 is 4.74 Å². The Morgan fingerprint density at radius 3 is 2.52 bits per heavy atom. The SMILES string of the molecule is CCc1cc([N+](=O)[O-])c(C(C)COC(C)=O)cc1Sc1ccccc1. The molecule has 2 rings (SSSR count). The van der Waals surface area contributed by atoms with Gasteiger partial charge in [-0.15, -0.1) is 0 Å². The second kappa shape index (κ2) is 8.67. The zero-order valence-corrected chi connectivity index (χ0v) is 15.3. The van der Waals surface area contributed by atoms with E-state index in [0.717, 1.165) is 15.4 Å². The van der Waals surface area contributed by atoms with Crippen LogP contribution in [0.5, 0.6) is 0 Å². The number of nitro groups is 1. The minimum atomic E-state index is -0.390. The molecule has 1 atom stereocenters. The fraction of sp³-hybridized carbons (Fsp3) is 0.316. The Balaban J connectivity index is 2.43. The maximum absolute atomic E-state index is 11.5. The molecule has 5 nitrogen and oxygen atoms in total. The molecule has 132 valence electrons. The molecular weight excluding hydrogens is 338 g/mol. The summed E-state index contributed by atoms with van der Waals surface area (Å²) in [6.45, 7) is 5.26. The van der Waals surface area contributed by atoms with Crippen molar-refractivity contribution in [1.29, 1.82) is 0 Å². The molecule has 0 aromatic heterocycles. The smallest absolute Gasteiger partial charge is 0.302 e. The summed E-state index contributed by atoms with van der Waals surface area (Å²) in [5.41, 5.74) is 1.60. The Morgan fingerprint density at radius 2 is 1.96 bits per heavy atom. The van der Waals surface area contributed by atoms with Gasteiger partial charge in [0, 0.05) is 34.3 Å². The standard InChI is InChI=1S/C19H21NO4S/c1-4-15-10-18(20(22)23)17(13(2)12-24-14(3)21)11-19(15)25-16-8-6-5-7-9-16/h5-11,13H,4,12H2,1-3H3. The topological polar surface area (TPSA) is 69.4 Å². The fourth-order valence-corrected chi connectivity index (χ4v) is 3.57. The second-order valence-corrected chi connectivity index (χ2v) is 6.86. The van der Waals surface area contributed by atoms with Crippen molar-refractivity contribution < 1.29 is 14.5 Å². The highest BCUT2D eigenvalue weighted by atomic mass is 32.2. The number of esters is 1. The molecule has 0 aliphatic carbocycles. The maximum Gasteiger partial charge on any atom is 0.302 e. The van der Waals surface area contributed by atoms with E-state index in [1.54, 1.807) is 17.8 Å². The summed E-state index contributed by atoms with van der Waals surface area (Å²) >= 11 is 1.58. The average molecular weight is 359 g/mol. The van der Waals surface area contributed by atoms with Crippen molar-refractivity contribution in [3.8, 4) is 0 Å². The molecule has 0 aliphatic heterocycles. The minimum absolute atomic E-state index is 0.0777. The van der Waals surface area contributed by atoms with E-state index in [9.17, 15) is 14.9 Å². The lowest BCUT2D eigenvalue weighted by molar-refractivity contribution is -0.385. The number of carbonyl (C=O) groups excluding carboxylic acids is 1. The van der Waals surface area contributed by atoms with Gasteiger partial charge in [0.1, 0.15) is 0 Å². The minimum Gasteiger partial charge on any atom is -0.465 e. The van der Waals surface area contributed by atoms with Gasteiger partial charge in [0.15, 0.2) is 0 Å². The van der Waals surface area contributed by atoms with Crippen molar-refractivity contribution in [1.82, 2.24) is 0 Å². The highest BCUT2D eigenvalue weighted by Crippen LogP contribution is 2.37. The molecule has 0 saturated carbocycles. The number of ether oxygens (including phenoxy) is 1. The summed E-state index contributed by atoms with van der Waals surface area (Å²) in [7, 11) is 0. The summed E-state index contributed by atoms with van der Waals surface area (Å²) in [6, 6.07) is 13.4. The van der Waals surface area contributed by atoms with Crippen molar-refractivity contribution in [2.45, 2.75) is 42.9 Å². The number of nitro benzene ring substituents is 1. The molecule has 25 heavy (non-hydrogen) atoms. The van der Waals surface area contributed by atoms with Crippen molar-refractivity contribution in [3.63, 3.8) is 0 Å². The molecule has 6 heteroatoms. The molecule has 0 aliphatic rings. The largest absolute Gasteiger partial charge is 0.465 e. The van der Waals surface area contributed by atoms with Crippen LogP contribution in [0.3, 0.4) is 0 Å². The first-order valence-corrected chi connectivity index (χ1v) is 8.91. The predicted molar refractivity (Wildman–Crippen MR) is 98.1 cm³/mol. The van der Waals surface area contributed by atoms with E-state index in [2.05, 4.69) is 0 Å². The highest BCUT2D eigenvalue weighted by molar-refractivity contribution is 7.99. The number of hydrogen-bond acceptors (Lipinski definition) is 5. The van der Waals surface area contributed by atoms with Crippen LogP contribution in [0.15, 0.2) is 52.3 Å². The van der Waals surface area contributed by atoms with Gasteiger partial charge in [0.25, 0.3) is 5.69 Å². The molecular formula is C19H21NO4S. The van der Waals surface area contributed by atoms with Gasteiger partial charge in [-0.3, -0.25) is 14.9 Å². The van der Waals surface area contributed by atoms with Crippen LogP contribution in [0.4, 0.5) is 5.69 Å². The number of nitrogens with zero attached hydrogens (tertiary/aromatic N) is 1. The Morgan fingerprint density at radius 1 is 1.28 bits per heavy atom. The average Bonchev–Trinajstić information content (AvgIpc) is 2.60. The third-order valence-corrected chi connectivity index (χ3v) is 4.93. The maximum atomic E-state index is 11.5. The first kappa shape index (κ1) is 19.0. The van der Waals surface area contributed by atoms with Gasteiger partial charge in [-0.1, -0.05) is 43.8 Å². The molecule has 0 radical (unpaired) electrons. The molecule has 0 saturated heterocycles. The molecule has 0 spiro atoms. The van der Waals surface area contributed by atoms with Gasteiger partial charge in [0.05, 0.1) is 11.5 Å². The van der Waals surface area contributed by atoms with Crippen LogP contribution in [-0.2, 0) is 16.0 Å². The lowest BCUT2D eigenvalue weighted by Gasteiger charge is -2.16. The van der Waals surface area contributed by atoms with E-state index in [-0.39, 0.29) is 23.1 Å². The lowest BCUT2D eigenvalue weighted by atomic mass is 9.97. The summed E-state index contributed by atoms with van der Waals surface area (Å²) < 4.78 is 5.04. The van der Waals surface area contributed by atoms with E-state index in [1.165, 1.54) is 6.92 Å². The van der Waals surface area contributed by atoms with E-state index < -0.39 is 5.97 Å². The summed E-state index contributed by atoms with van der Waals surface area (Å²) in [5.74, 6) is -0.649. The Bertz CT molecular complexity index is 762. The van der Waals surface area contributed by atoms with Crippen LogP contribution >= 0.6 is 11.8 Å². The van der Waals surface area contributed by atoms with Gasteiger partial charge in [-0.2, -0.15) is 0 Å². The molecule has 0 amide bonds. The number of rotatable bonds is 7. The fourth-order valence-electron chi connectivity index (χ4n) is 2.50. The van der Waals surface area contributed by atoms with Gasteiger partial charge in [-0.25, -0.2) is 0 Å². The molecule has 0 N–H and O–H groups in total.